The van der Waals surface area contributed by atoms with Crippen molar-refractivity contribution in [3.8, 4) is 0 Å². The molecule has 0 aliphatic carbocycles. The van der Waals surface area contributed by atoms with Gasteiger partial charge in [0.2, 0.25) is 0 Å². The van der Waals surface area contributed by atoms with E-state index in [-0.39, 0.29) is 11.6 Å². The number of aliphatic hydroxyl groups excluding tert-OH is 1. The first-order chi connectivity index (χ1) is 14.8. The Hall–Kier alpha value is -1.83. The van der Waals surface area contributed by atoms with Crippen LogP contribution in [0.4, 0.5) is 5.69 Å². The summed E-state index contributed by atoms with van der Waals surface area (Å²) in [5.74, 6) is -0.386. The van der Waals surface area contributed by atoms with E-state index >= 15 is 0 Å². The Kier molecular flexibility index (Phi) is 6.47. The SMILES string of the molecule is C[N+]1(NC(=O)C2=NN(c3ccc(Cl)cc3Cl)C(c3ccc(Cl)cc3)C2O)CCCCC1. The Morgan fingerprint density at radius 3 is 2.35 bits per heavy atom. The van der Waals surface area contributed by atoms with Crippen LogP contribution in [-0.4, -0.2) is 47.6 Å². The largest absolute Gasteiger partial charge is 0.384 e. The lowest BCUT2D eigenvalue weighted by atomic mass is 9.98. The van der Waals surface area contributed by atoms with Gasteiger partial charge in [0, 0.05) is 10.0 Å². The van der Waals surface area contributed by atoms with Crippen molar-refractivity contribution in [3.63, 3.8) is 0 Å². The average Bonchev–Trinajstić information content (AvgIpc) is 3.06. The van der Waals surface area contributed by atoms with Crippen molar-refractivity contribution in [2.24, 2.45) is 5.10 Å². The maximum absolute atomic E-state index is 13.2. The third-order valence-electron chi connectivity index (χ3n) is 5.83. The van der Waals surface area contributed by atoms with Gasteiger partial charge in [-0.1, -0.05) is 46.9 Å². The summed E-state index contributed by atoms with van der Waals surface area (Å²) < 4.78 is 0.428. The number of halogens is 3. The minimum absolute atomic E-state index is 0.0518. The highest BCUT2D eigenvalue weighted by atomic mass is 35.5. The van der Waals surface area contributed by atoms with E-state index in [4.69, 9.17) is 34.8 Å². The van der Waals surface area contributed by atoms with E-state index < -0.39 is 12.1 Å². The number of anilines is 1. The van der Waals surface area contributed by atoms with Crippen LogP contribution in [0.1, 0.15) is 30.9 Å². The maximum Gasteiger partial charge on any atom is 0.314 e. The number of nitrogens with zero attached hydrogens (tertiary/aromatic N) is 3. The minimum atomic E-state index is -1.15. The molecule has 4 rings (SSSR count). The molecule has 2 N–H and O–H groups in total. The molecule has 9 heteroatoms. The van der Waals surface area contributed by atoms with Crippen molar-refractivity contribution in [2.75, 3.05) is 25.1 Å². The van der Waals surface area contributed by atoms with Gasteiger partial charge in [0.05, 0.1) is 17.8 Å². The number of nitrogens with one attached hydrogen (secondary N) is 1. The Labute approximate surface area is 196 Å². The van der Waals surface area contributed by atoms with Crippen LogP contribution in [0.2, 0.25) is 15.1 Å². The lowest BCUT2D eigenvalue weighted by Gasteiger charge is -2.36. The molecule has 2 unspecified atom stereocenters. The second-order valence-electron chi connectivity index (χ2n) is 8.21. The summed E-state index contributed by atoms with van der Waals surface area (Å²) in [6, 6.07) is 11.5. The molecule has 31 heavy (non-hydrogen) atoms. The lowest BCUT2D eigenvalue weighted by molar-refractivity contribution is -0.947. The molecule has 2 aliphatic heterocycles. The molecule has 164 valence electrons. The van der Waals surface area contributed by atoms with Crippen LogP contribution in [0.3, 0.4) is 0 Å². The summed E-state index contributed by atoms with van der Waals surface area (Å²) in [5.41, 5.74) is 4.41. The summed E-state index contributed by atoms with van der Waals surface area (Å²) in [5, 5.41) is 18.7. The van der Waals surface area contributed by atoms with E-state index in [9.17, 15) is 9.90 Å². The molecule has 2 heterocycles. The van der Waals surface area contributed by atoms with Crippen molar-refractivity contribution in [2.45, 2.75) is 31.4 Å². The number of hydrogen-bond acceptors (Lipinski definition) is 4. The van der Waals surface area contributed by atoms with Gasteiger partial charge in [-0.3, -0.25) is 9.80 Å². The summed E-state index contributed by atoms with van der Waals surface area (Å²) in [6.45, 7) is 1.70. The van der Waals surface area contributed by atoms with Crippen molar-refractivity contribution in [3.05, 3.63) is 63.1 Å². The number of amides is 1. The van der Waals surface area contributed by atoms with E-state index in [2.05, 4.69) is 10.5 Å². The Morgan fingerprint density at radius 2 is 1.71 bits per heavy atom. The first-order valence-electron chi connectivity index (χ1n) is 10.2. The second-order valence-corrected chi connectivity index (χ2v) is 9.49. The van der Waals surface area contributed by atoms with Crippen LogP contribution in [0.5, 0.6) is 0 Å². The van der Waals surface area contributed by atoms with Crippen LogP contribution in [0, 0.1) is 0 Å². The number of quaternary nitrogens is 1. The van der Waals surface area contributed by atoms with Gasteiger partial charge in [0.1, 0.15) is 25.2 Å². The number of likely N-dealkylation sites (tertiary alicyclic amines) is 1. The monoisotopic (exact) mass is 481 g/mol. The number of piperidine rings is 1. The molecule has 0 aromatic heterocycles. The summed E-state index contributed by atoms with van der Waals surface area (Å²) in [7, 11) is 1.99. The van der Waals surface area contributed by atoms with Crippen molar-refractivity contribution in [1.82, 2.24) is 5.43 Å². The first kappa shape index (κ1) is 22.4. The van der Waals surface area contributed by atoms with Crippen LogP contribution in [0.15, 0.2) is 47.6 Å². The van der Waals surface area contributed by atoms with E-state index in [1.807, 2.05) is 19.2 Å². The highest BCUT2D eigenvalue weighted by Crippen LogP contribution is 2.40. The van der Waals surface area contributed by atoms with Crippen LogP contribution in [0.25, 0.3) is 0 Å². The lowest BCUT2D eigenvalue weighted by Crippen LogP contribution is -2.61. The zero-order chi connectivity index (χ0) is 22.2. The van der Waals surface area contributed by atoms with Crippen LogP contribution in [-0.2, 0) is 4.79 Å². The molecule has 1 saturated heterocycles. The molecule has 0 saturated carbocycles. The number of aliphatic hydroxyl groups is 1. The van der Waals surface area contributed by atoms with Crippen LogP contribution < -0.4 is 10.4 Å². The average molecular weight is 483 g/mol. The number of carbonyl (C=O) groups is 1. The number of rotatable bonds is 4. The third-order valence-corrected chi connectivity index (χ3v) is 6.62. The molecule has 0 spiro atoms. The molecule has 1 fully saturated rings. The zero-order valence-electron chi connectivity index (χ0n) is 17.1. The van der Waals surface area contributed by atoms with Gasteiger partial charge in [-0.2, -0.15) is 10.5 Å². The molecular formula is C22H24Cl3N4O2+. The van der Waals surface area contributed by atoms with Crippen molar-refractivity contribution in [1.29, 1.82) is 0 Å². The standard InChI is InChI=1S/C22H23Cl3N4O2/c1-29(11-3-2-4-12-29)27-22(31)19-21(30)20(14-5-7-15(23)8-6-14)28(26-19)18-10-9-16(24)13-17(18)25/h5-10,13,20-21,30H,2-4,11-12H2,1H3/p+1. The normalized spacial score (nSPS) is 22.9. The predicted molar refractivity (Wildman–Crippen MR) is 124 cm³/mol. The number of carbonyl (C=O) groups excluding carboxylic acids is 1. The summed E-state index contributed by atoms with van der Waals surface area (Å²) in [6.07, 6.45) is 2.11. The van der Waals surface area contributed by atoms with E-state index in [0.717, 1.165) is 37.9 Å². The topological polar surface area (TPSA) is 64.9 Å². The Balaban J connectivity index is 1.70. The second kappa shape index (κ2) is 8.96. The van der Waals surface area contributed by atoms with Crippen molar-refractivity contribution >= 4 is 52.1 Å². The first-order valence-corrected chi connectivity index (χ1v) is 11.3. The third kappa shape index (κ3) is 4.69. The molecule has 0 bridgehead atoms. The highest BCUT2D eigenvalue weighted by Gasteiger charge is 2.43. The molecule has 1 amide bonds. The molecule has 2 aromatic carbocycles. The molecular weight excluding hydrogens is 459 g/mol. The van der Waals surface area contributed by atoms with Crippen LogP contribution >= 0.6 is 34.8 Å². The number of hydrogen-bond donors (Lipinski definition) is 2. The fourth-order valence-corrected chi connectivity index (χ4v) is 4.80. The smallest absolute Gasteiger partial charge is 0.314 e. The Bertz CT molecular complexity index is 1010. The number of benzene rings is 2. The van der Waals surface area contributed by atoms with E-state index in [1.165, 1.54) is 0 Å². The fourth-order valence-electron chi connectivity index (χ4n) is 4.18. The van der Waals surface area contributed by atoms with Gasteiger partial charge in [0.15, 0.2) is 5.71 Å². The van der Waals surface area contributed by atoms with E-state index in [1.54, 1.807) is 35.3 Å². The molecule has 2 atom stereocenters. The molecule has 2 aromatic rings. The minimum Gasteiger partial charge on any atom is -0.384 e. The fraction of sp³-hybridized carbons (Fsp3) is 0.364. The molecule has 0 radical (unpaired) electrons. The predicted octanol–water partition coefficient (Wildman–Crippen LogP) is 4.59. The van der Waals surface area contributed by atoms with Gasteiger partial charge in [-0.15, -0.1) is 0 Å². The number of hydrazone groups is 1. The Morgan fingerprint density at radius 1 is 1.06 bits per heavy atom. The quantitative estimate of drug-likeness (QED) is 0.627. The molecule has 2 aliphatic rings. The van der Waals surface area contributed by atoms with Gasteiger partial charge in [0.25, 0.3) is 0 Å². The van der Waals surface area contributed by atoms with Gasteiger partial charge in [-0.05, 0) is 55.2 Å². The molecule has 6 nitrogen and oxygen atoms in total. The summed E-state index contributed by atoms with van der Waals surface area (Å²) >= 11 is 18.5. The van der Waals surface area contributed by atoms with Gasteiger partial charge < -0.3 is 5.11 Å². The van der Waals surface area contributed by atoms with Gasteiger partial charge >= 0.3 is 5.91 Å². The van der Waals surface area contributed by atoms with Crippen molar-refractivity contribution < 1.29 is 14.5 Å². The zero-order valence-corrected chi connectivity index (χ0v) is 19.3. The summed E-state index contributed by atoms with van der Waals surface area (Å²) in [4.78, 5) is 13.2. The highest BCUT2D eigenvalue weighted by molar-refractivity contribution is 6.41. The maximum atomic E-state index is 13.2. The van der Waals surface area contributed by atoms with E-state index in [0.29, 0.717) is 25.3 Å². The van der Waals surface area contributed by atoms with Gasteiger partial charge in [-0.25, -0.2) is 4.59 Å².